The van der Waals surface area contributed by atoms with Crippen LogP contribution in [-0.2, 0) is 0 Å². The number of aromatic nitrogens is 3. The third kappa shape index (κ3) is 1.97. The van der Waals surface area contributed by atoms with Crippen molar-refractivity contribution >= 4 is 33.4 Å². The van der Waals surface area contributed by atoms with E-state index in [1.54, 1.807) is 0 Å². The molecule has 22 heavy (non-hydrogen) atoms. The summed E-state index contributed by atoms with van der Waals surface area (Å²) in [5, 5.41) is 2.98. The van der Waals surface area contributed by atoms with Gasteiger partial charge in [-0.3, -0.25) is 9.97 Å². The van der Waals surface area contributed by atoms with E-state index in [0.717, 1.165) is 49.3 Å². The lowest BCUT2D eigenvalue weighted by atomic mass is 10.0. The van der Waals surface area contributed by atoms with Crippen molar-refractivity contribution in [3.05, 3.63) is 59.1 Å². The third-order valence-electron chi connectivity index (χ3n) is 4.01. The van der Waals surface area contributed by atoms with E-state index in [4.69, 9.17) is 11.6 Å². The fourth-order valence-corrected chi connectivity index (χ4v) is 3.10. The number of nitrogens with zero attached hydrogens (tertiary/aromatic N) is 2. The van der Waals surface area contributed by atoms with Crippen molar-refractivity contribution in [1.82, 2.24) is 15.0 Å². The highest BCUT2D eigenvalue weighted by molar-refractivity contribution is 6.32. The molecule has 3 heterocycles. The van der Waals surface area contributed by atoms with Gasteiger partial charge in [-0.05, 0) is 38.1 Å². The number of aryl methyl sites for hydroxylation is 2. The Hall–Kier alpha value is -2.39. The number of hydrogen-bond donors (Lipinski definition) is 1. The van der Waals surface area contributed by atoms with E-state index in [2.05, 4.69) is 21.0 Å². The molecule has 0 spiro atoms. The molecule has 0 atom stereocenters. The van der Waals surface area contributed by atoms with Gasteiger partial charge in [-0.2, -0.15) is 0 Å². The molecule has 0 aliphatic carbocycles. The van der Waals surface area contributed by atoms with Gasteiger partial charge in [-0.1, -0.05) is 17.7 Å². The van der Waals surface area contributed by atoms with E-state index in [1.165, 1.54) is 0 Å². The molecule has 3 nitrogen and oxygen atoms in total. The van der Waals surface area contributed by atoms with Crippen LogP contribution < -0.4 is 0 Å². The minimum absolute atomic E-state index is 0.721. The molecule has 0 radical (unpaired) electrons. The van der Waals surface area contributed by atoms with Gasteiger partial charge in [0.15, 0.2) is 0 Å². The molecule has 0 aliphatic heterocycles. The van der Waals surface area contributed by atoms with Crippen LogP contribution in [0.4, 0.5) is 0 Å². The van der Waals surface area contributed by atoms with Gasteiger partial charge in [0.1, 0.15) is 0 Å². The van der Waals surface area contributed by atoms with Crippen molar-refractivity contribution in [2.24, 2.45) is 0 Å². The number of fused-ring (bicyclic) bond motifs is 3. The summed E-state index contributed by atoms with van der Waals surface area (Å²) < 4.78 is 0. The third-order valence-corrected chi connectivity index (χ3v) is 4.22. The Labute approximate surface area is 133 Å². The van der Waals surface area contributed by atoms with Crippen LogP contribution in [-0.4, -0.2) is 15.0 Å². The van der Waals surface area contributed by atoms with Crippen molar-refractivity contribution in [3.63, 3.8) is 0 Å². The van der Waals surface area contributed by atoms with Crippen molar-refractivity contribution < 1.29 is 0 Å². The highest BCUT2D eigenvalue weighted by atomic mass is 35.5. The second-order valence-corrected chi connectivity index (χ2v) is 5.94. The minimum atomic E-state index is 0.721. The fourth-order valence-electron chi connectivity index (χ4n) is 2.88. The Morgan fingerprint density at radius 2 is 1.82 bits per heavy atom. The van der Waals surface area contributed by atoms with E-state index in [0.29, 0.717) is 0 Å². The molecular formula is C18H14ClN3. The van der Waals surface area contributed by atoms with Gasteiger partial charge in [0.25, 0.3) is 0 Å². The summed E-state index contributed by atoms with van der Waals surface area (Å²) in [5.74, 6) is 0. The van der Waals surface area contributed by atoms with E-state index >= 15 is 0 Å². The van der Waals surface area contributed by atoms with Crippen LogP contribution in [0.5, 0.6) is 0 Å². The molecule has 1 N–H and O–H groups in total. The number of hydrogen-bond acceptors (Lipinski definition) is 2. The van der Waals surface area contributed by atoms with Crippen LogP contribution in [0, 0.1) is 13.8 Å². The van der Waals surface area contributed by atoms with Crippen LogP contribution in [0.25, 0.3) is 32.9 Å². The number of aromatic amines is 1. The molecule has 0 saturated heterocycles. The maximum Gasteiger partial charge on any atom is 0.0681 e. The van der Waals surface area contributed by atoms with Gasteiger partial charge < -0.3 is 4.98 Å². The van der Waals surface area contributed by atoms with E-state index in [1.807, 2.05) is 50.5 Å². The van der Waals surface area contributed by atoms with Gasteiger partial charge in [-0.15, -0.1) is 0 Å². The molecule has 1 aromatic carbocycles. The van der Waals surface area contributed by atoms with Crippen molar-refractivity contribution in [2.45, 2.75) is 13.8 Å². The van der Waals surface area contributed by atoms with Crippen LogP contribution in [0.2, 0.25) is 5.02 Å². The van der Waals surface area contributed by atoms with Crippen molar-refractivity contribution in [3.8, 4) is 11.1 Å². The number of nitrogens with one attached hydrogen (secondary N) is 1. The average molecular weight is 308 g/mol. The lowest BCUT2D eigenvalue weighted by Gasteiger charge is -2.05. The Morgan fingerprint density at radius 1 is 0.955 bits per heavy atom. The number of pyridine rings is 2. The summed E-state index contributed by atoms with van der Waals surface area (Å²) >= 11 is 6.35. The average Bonchev–Trinajstić information content (AvgIpc) is 2.88. The van der Waals surface area contributed by atoms with Crippen LogP contribution >= 0.6 is 11.6 Å². The van der Waals surface area contributed by atoms with Gasteiger partial charge in [0.05, 0.1) is 16.7 Å². The summed E-state index contributed by atoms with van der Waals surface area (Å²) in [5.41, 5.74) is 6.22. The van der Waals surface area contributed by atoms with Crippen LogP contribution in [0.15, 0.2) is 42.7 Å². The van der Waals surface area contributed by atoms with Crippen molar-refractivity contribution in [1.29, 1.82) is 0 Å². The number of halogens is 1. The molecule has 0 fully saturated rings. The van der Waals surface area contributed by atoms with E-state index in [-0.39, 0.29) is 0 Å². The number of benzene rings is 1. The second-order valence-electron chi connectivity index (χ2n) is 5.51. The first-order valence-corrected chi connectivity index (χ1v) is 7.51. The molecule has 108 valence electrons. The summed E-state index contributed by atoms with van der Waals surface area (Å²) in [7, 11) is 0. The van der Waals surface area contributed by atoms with Gasteiger partial charge in [0, 0.05) is 45.0 Å². The first-order chi connectivity index (χ1) is 10.6. The number of rotatable bonds is 1. The Kier molecular flexibility index (Phi) is 2.91. The second kappa shape index (κ2) is 4.82. The summed E-state index contributed by atoms with van der Waals surface area (Å²) in [6.07, 6.45) is 3.72. The zero-order chi connectivity index (χ0) is 15.3. The maximum absolute atomic E-state index is 6.35. The molecule has 3 aromatic heterocycles. The topological polar surface area (TPSA) is 41.6 Å². The van der Waals surface area contributed by atoms with E-state index in [9.17, 15) is 0 Å². The van der Waals surface area contributed by atoms with Crippen LogP contribution in [0.1, 0.15) is 11.4 Å². The molecule has 4 rings (SSSR count). The normalized spacial score (nSPS) is 11.4. The monoisotopic (exact) mass is 307 g/mol. The predicted molar refractivity (Wildman–Crippen MR) is 91.3 cm³/mol. The molecular weight excluding hydrogens is 294 g/mol. The standard InChI is InChI=1S/C18H14ClN3/c1-10-3-4-12(9-21-10)15-7-13(19)8-16-14-5-6-20-11(2)17(14)22-18(15)16/h3-9,22H,1-2H3. The van der Waals surface area contributed by atoms with E-state index < -0.39 is 0 Å². The molecule has 0 saturated carbocycles. The van der Waals surface area contributed by atoms with Gasteiger partial charge in [-0.25, -0.2) is 0 Å². The molecule has 4 aromatic rings. The Morgan fingerprint density at radius 3 is 2.59 bits per heavy atom. The highest BCUT2D eigenvalue weighted by Gasteiger charge is 2.13. The first kappa shape index (κ1) is 13.3. The smallest absolute Gasteiger partial charge is 0.0681 e. The predicted octanol–water partition coefficient (Wildman–Crippen LogP) is 5.05. The maximum atomic E-state index is 6.35. The van der Waals surface area contributed by atoms with Crippen molar-refractivity contribution in [2.75, 3.05) is 0 Å². The SMILES string of the molecule is Cc1ccc(-c2cc(Cl)cc3c2[nH]c2c(C)nccc23)cn1. The molecule has 4 heteroatoms. The lowest BCUT2D eigenvalue weighted by Crippen LogP contribution is -1.85. The molecule has 0 bridgehead atoms. The lowest BCUT2D eigenvalue weighted by molar-refractivity contribution is 1.20. The highest BCUT2D eigenvalue weighted by Crippen LogP contribution is 2.36. The van der Waals surface area contributed by atoms with Gasteiger partial charge in [0.2, 0.25) is 0 Å². The largest absolute Gasteiger partial charge is 0.353 e. The first-order valence-electron chi connectivity index (χ1n) is 7.13. The summed E-state index contributed by atoms with van der Waals surface area (Å²) in [6.45, 7) is 3.99. The zero-order valence-corrected chi connectivity index (χ0v) is 13.1. The molecule has 0 amide bonds. The quantitative estimate of drug-likeness (QED) is 0.534. The number of H-pyrrole nitrogens is 1. The summed E-state index contributed by atoms with van der Waals surface area (Å²) in [4.78, 5) is 12.3. The Bertz CT molecular complexity index is 1000. The summed E-state index contributed by atoms with van der Waals surface area (Å²) in [6, 6.07) is 10.1. The Balaban J connectivity index is 2.12. The molecule has 0 aliphatic rings. The van der Waals surface area contributed by atoms with Gasteiger partial charge >= 0.3 is 0 Å². The zero-order valence-electron chi connectivity index (χ0n) is 12.3. The fraction of sp³-hybridized carbons (Fsp3) is 0.111. The minimum Gasteiger partial charge on any atom is -0.353 e. The van der Waals surface area contributed by atoms with Crippen LogP contribution in [0.3, 0.4) is 0 Å². The molecule has 0 unspecified atom stereocenters.